The lowest BCUT2D eigenvalue weighted by atomic mass is 10.0. The lowest BCUT2D eigenvalue weighted by molar-refractivity contribution is -0.119. The van der Waals surface area contributed by atoms with Gasteiger partial charge in [0, 0.05) is 35.0 Å². The van der Waals surface area contributed by atoms with Crippen molar-refractivity contribution >= 4 is 33.7 Å². The summed E-state index contributed by atoms with van der Waals surface area (Å²) in [6.07, 6.45) is 9.24. The molecule has 8 nitrogen and oxygen atoms in total. The van der Waals surface area contributed by atoms with Gasteiger partial charge in [0.1, 0.15) is 11.5 Å². The number of imidazole rings is 1. The second kappa shape index (κ2) is 9.43. The van der Waals surface area contributed by atoms with Gasteiger partial charge in [-0.15, -0.1) is 0 Å². The van der Waals surface area contributed by atoms with Gasteiger partial charge < -0.3 is 10.3 Å². The summed E-state index contributed by atoms with van der Waals surface area (Å²) in [5.41, 5.74) is 6.74. The van der Waals surface area contributed by atoms with Gasteiger partial charge in [0.05, 0.1) is 28.3 Å². The minimum absolute atomic E-state index is 0.0552. The molecule has 1 aliphatic rings. The molecule has 0 saturated heterocycles. The first-order valence-electron chi connectivity index (χ1n) is 13.0. The molecule has 1 saturated carbocycles. The number of H-pyrrole nitrogens is 2. The molecule has 4 heterocycles. The molecule has 1 fully saturated rings. The van der Waals surface area contributed by atoms with E-state index in [4.69, 9.17) is 4.98 Å². The third kappa shape index (κ3) is 4.31. The zero-order valence-electron chi connectivity index (χ0n) is 20.9. The van der Waals surface area contributed by atoms with Crippen molar-refractivity contribution in [3.8, 4) is 33.8 Å². The van der Waals surface area contributed by atoms with Crippen LogP contribution in [0, 0.1) is 11.7 Å². The van der Waals surface area contributed by atoms with Crippen LogP contribution in [0.15, 0.2) is 73.2 Å². The predicted octanol–water partition coefficient (Wildman–Crippen LogP) is 6.50. The number of pyridine rings is 2. The van der Waals surface area contributed by atoms with Gasteiger partial charge in [0.15, 0.2) is 11.5 Å². The van der Waals surface area contributed by atoms with Crippen LogP contribution in [0.3, 0.4) is 0 Å². The average Bonchev–Trinajstić information content (AvgIpc) is 3.72. The number of aromatic nitrogens is 6. The van der Waals surface area contributed by atoms with Crippen molar-refractivity contribution in [2.45, 2.75) is 25.7 Å². The molecular weight excluding hydrogens is 493 g/mol. The van der Waals surface area contributed by atoms with Crippen LogP contribution in [0.1, 0.15) is 25.7 Å². The normalized spacial score (nSPS) is 13.9. The van der Waals surface area contributed by atoms with E-state index in [9.17, 15) is 9.18 Å². The topological polar surface area (TPSA) is 112 Å². The van der Waals surface area contributed by atoms with Gasteiger partial charge in [0.25, 0.3) is 0 Å². The van der Waals surface area contributed by atoms with Crippen molar-refractivity contribution in [3.63, 3.8) is 0 Å². The van der Waals surface area contributed by atoms with Crippen LogP contribution in [0.4, 0.5) is 10.1 Å². The van der Waals surface area contributed by atoms with Gasteiger partial charge in [-0.2, -0.15) is 5.10 Å². The Balaban J connectivity index is 1.25. The zero-order chi connectivity index (χ0) is 26.3. The molecular formula is C30H24FN7O. The Kier molecular flexibility index (Phi) is 5.61. The largest absolute Gasteiger partial charge is 0.337 e. The molecule has 1 aliphatic carbocycles. The fraction of sp³-hybridized carbons (Fsp3) is 0.167. The maximum Gasteiger partial charge on any atom is 0.227 e. The number of anilines is 1. The van der Waals surface area contributed by atoms with Crippen LogP contribution in [0.5, 0.6) is 0 Å². The minimum Gasteiger partial charge on any atom is -0.337 e. The maximum atomic E-state index is 13.9. The molecule has 2 aromatic carbocycles. The quantitative estimate of drug-likeness (QED) is 0.242. The molecule has 39 heavy (non-hydrogen) atoms. The predicted molar refractivity (Wildman–Crippen MR) is 148 cm³/mol. The van der Waals surface area contributed by atoms with E-state index in [1.54, 1.807) is 24.7 Å². The molecule has 3 N–H and O–H groups in total. The lowest BCUT2D eigenvalue weighted by Crippen LogP contribution is -2.20. The first-order chi connectivity index (χ1) is 19.1. The molecule has 0 unspecified atom stereocenters. The van der Waals surface area contributed by atoms with Crippen molar-refractivity contribution in [2.75, 3.05) is 5.32 Å². The van der Waals surface area contributed by atoms with Gasteiger partial charge in [-0.05, 0) is 48.7 Å². The fourth-order valence-electron chi connectivity index (χ4n) is 5.38. The average molecular weight is 518 g/mol. The van der Waals surface area contributed by atoms with Gasteiger partial charge in [-0.3, -0.25) is 14.9 Å². The number of carbonyl (C=O) groups is 1. The Hall–Kier alpha value is -4.92. The number of nitrogens with one attached hydrogen (secondary N) is 3. The number of carbonyl (C=O) groups excluding carboxylic acids is 1. The third-order valence-corrected chi connectivity index (χ3v) is 7.36. The second-order valence-electron chi connectivity index (χ2n) is 9.92. The number of fused-ring (bicyclic) bond motifs is 2. The summed E-state index contributed by atoms with van der Waals surface area (Å²) < 4.78 is 13.9. The molecule has 4 aromatic heterocycles. The third-order valence-electron chi connectivity index (χ3n) is 7.36. The molecule has 1 amide bonds. The first kappa shape index (κ1) is 23.2. The van der Waals surface area contributed by atoms with Crippen LogP contribution in [0.25, 0.3) is 55.8 Å². The van der Waals surface area contributed by atoms with E-state index in [1.165, 1.54) is 12.1 Å². The van der Waals surface area contributed by atoms with Crippen LogP contribution < -0.4 is 5.32 Å². The second-order valence-corrected chi connectivity index (χ2v) is 9.92. The highest BCUT2D eigenvalue weighted by Gasteiger charge is 2.23. The van der Waals surface area contributed by atoms with E-state index in [0.717, 1.165) is 64.4 Å². The molecule has 7 rings (SSSR count). The summed E-state index contributed by atoms with van der Waals surface area (Å²) in [6, 6.07) is 16.2. The highest BCUT2D eigenvalue weighted by atomic mass is 19.1. The standard InChI is InChI=1S/C30H24FN7O/c31-21-8-3-7-18(11-21)23-9-4-10-25-26(23)36-29(35-25)27-24-13-20(15-33-28(24)38-37-27)19-12-22(16-32-14-19)34-30(39)17-5-1-2-6-17/h3-4,7-17H,1-2,5-6H2,(H,34,39)(H,35,36)(H,33,37,38). The molecule has 0 aliphatic heterocycles. The van der Waals surface area contributed by atoms with E-state index in [1.807, 2.05) is 36.4 Å². The summed E-state index contributed by atoms with van der Waals surface area (Å²) in [6.45, 7) is 0. The highest BCUT2D eigenvalue weighted by molar-refractivity contribution is 5.97. The van der Waals surface area contributed by atoms with Crippen molar-refractivity contribution in [2.24, 2.45) is 5.92 Å². The Morgan fingerprint density at radius 2 is 1.79 bits per heavy atom. The molecule has 0 spiro atoms. The summed E-state index contributed by atoms with van der Waals surface area (Å²) in [4.78, 5) is 29.7. The molecule has 0 atom stereocenters. The van der Waals surface area contributed by atoms with Crippen LogP contribution >= 0.6 is 0 Å². The summed E-state index contributed by atoms with van der Waals surface area (Å²) in [5, 5.41) is 11.3. The molecule has 0 bridgehead atoms. The number of hydrogen-bond acceptors (Lipinski definition) is 5. The smallest absolute Gasteiger partial charge is 0.227 e. The summed E-state index contributed by atoms with van der Waals surface area (Å²) in [5.74, 6) is 0.436. The van der Waals surface area contributed by atoms with E-state index in [2.05, 4.69) is 30.5 Å². The zero-order valence-corrected chi connectivity index (χ0v) is 20.9. The SMILES string of the molecule is O=C(Nc1cncc(-c2cnc3n[nH]c(-c4nc5c(-c6cccc(F)c6)cccc5[nH]4)c3c2)c1)C1CCCC1. The highest BCUT2D eigenvalue weighted by Crippen LogP contribution is 2.33. The maximum absolute atomic E-state index is 13.9. The van der Waals surface area contributed by atoms with Crippen molar-refractivity contribution in [1.82, 2.24) is 30.1 Å². The Morgan fingerprint density at radius 3 is 2.67 bits per heavy atom. The Bertz CT molecular complexity index is 1850. The Morgan fingerprint density at radius 1 is 0.949 bits per heavy atom. The number of nitrogens with zero attached hydrogens (tertiary/aromatic N) is 4. The molecule has 192 valence electrons. The first-order valence-corrected chi connectivity index (χ1v) is 13.0. The van der Waals surface area contributed by atoms with Crippen LogP contribution in [0.2, 0.25) is 0 Å². The van der Waals surface area contributed by atoms with Gasteiger partial charge in [0.2, 0.25) is 5.91 Å². The monoisotopic (exact) mass is 517 g/mol. The fourth-order valence-corrected chi connectivity index (χ4v) is 5.38. The number of rotatable bonds is 5. The van der Waals surface area contributed by atoms with Gasteiger partial charge >= 0.3 is 0 Å². The molecule has 0 radical (unpaired) electrons. The van der Waals surface area contributed by atoms with Crippen LogP contribution in [-0.2, 0) is 4.79 Å². The van der Waals surface area contributed by atoms with Crippen molar-refractivity contribution in [3.05, 3.63) is 79.0 Å². The lowest BCUT2D eigenvalue weighted by Gasteiger charge is -2.11. The van der Waals surface area contributed by atoms with E-state index in [-0.39, 0.29) is 17.6 Å². The summed E-state index contributed by atoms with van der Waals surface area (Å²) in [7, 11) is 0. The molecule has 9 heteroatoms. The van der Waals surface area contributed by atoms with E-state index >= 15 is 0 Å². The van der Waals surface area contributed by atoms with Gasteiger partial charge in [-0.1, -0.05) is 37.1 Å². The number of benzene rings is 2. The van der Waals surface area contributed by atoms with E-state index in [0.29, 0.717) is 22.9 Å². The number of para-hydroxylation sites is 1. The van der Waals surface area contributed by atoms with E-state index < -0.39 is 0 Å². The summed E-state index contributed by atoms with van der Waals surface area (Å²) >= 11 is 0. The van der Waals surface area contributed by atoms with Gasteiger partial charge in [-0.25, -0.2) is 14.4 Å². The number of halogens is 1. The number of amides is 1. The number of hydrogen-bond donors (Lipinski definition) is 3. The Labute approximate surface area is 222 Å². The minimum atomic E-state index is -0.296. The van der Waals surface area contributed by atoms with Crippen molar-refractivity contribution < 1.29 is 9.18 Å². The number of aromatic amines is 2. The van der Waals surface area contributed by atoms with Crippen molar-refractivity contribution in [1.29, 1.82) is 0 Å². The van der Waals surface area contributed by atoms with Crippen LogP contribution in [-0.4, -0.2) is 36.0 Å². The molecule has 6 aromatic rings.